The fourth-order valence-electron chi connectivity index (χ4n) is 3.08. The van der Waals surface area contributed by atoms with Crippen molar-refractivity contribution in [3.05, 3.63) is 36.5 Å². The zero-order chi connectivity index (χ0) is 19.1. The topological polar surface area (TPSA) is 59.6 Å². The Kier molecular flexibility index (Phi) is 6.84. The van der Waals surface area contributed by atoms with Gasteiger partial charge in [0.15, 0.2) is 0 Å². The van der Waals surface area contributed by atoms with Crippen LogP contribution >= 0.6 is 0 Å². The van der Waals surface area contributed by atoms with Gasteiger partial charge in [-0.25, -0.2) is 4.98 Å². The molecule has 0 unspecified atom stereocenters. The molecule has 1 fully saturated rings. The summed E-state index contributed by atoms with van der Waals surface area (Å²) in [5.41, 5.74) is 2.27. The Morgan fingerprint density at radius 3 is 2.48 bits per heavy atom. The second kappa shape index (κ2) is 9.53. The van der Waals surface area contributed by atoms with Crippen LogP contribution in [-0.2, 0) is 0 Å². The quantitative estimate of drug-likeness (QED) is 0.693. The molecule has 0 spiro atoms. The van der Waals surface area contributed by atoms with Crippen LogP contribution < -0.4 is 15.5 Å². The van der Waals surface area contributed by atoms with E-state index in [0.717, 1.165) is 57.2 Å². The van der Waals surface area contributed by atoms with Crippen LogP contribution in [-0.4, -0.2) is 80.2 Å². The van der Waals surface area contributed by atoms with Crippen molar-refractivity contribution in [1.82, 2.24) is 19.8 Å². The number of hydrogen-bond donors (Lipinski definition) is 2. The molecule has 146 valence electrons. The molecule has 0 aliphatic carbocycles. The molecule has 0 radical (unpaired) electrons. The van der Waals surface area contributed by atoms with Crippen LogP contribution in [0.4, 0.5) is 23.1 Å². The highest BCUT2D eigenvalue weighted by atomic mass is 15.2. The second-order valence-electron chi connectivity index (χ2n) is 7.31. The summed E-state index contributed by atoms with van der Waals surface area (Å²) in [5.74, 6) is 1.46. The van der Waals surface area contributed by atoms with Crippen molar-refractivity contribution in [1.29, 1.82) is 0 Å². The molecule has 1 aromatic carbocycles. The smallest absolute Gasteiger partial charge is 0.229 e. The summed E-state index contributed by atoms with van der Waals surface area (Å²) in [6, 6.07) is 10.4. The van der Waals surface area contributed by atoms with Crippen LogP contribution in [0.3, 0.4) is 0 Å². The number of hydrogen-bond acceptors (Lipinski definition) is 7. The number of rotatable bonds is 8. The summed E-state index contributed by atoms with van der Waals surface area (Å²) in [7, 11) is 6.35. The Labute approximate surface area is 162 Å². The molecule has 0 saturated carbocycles. The van der Waals surface area contributed by atoms with Crippen molar-refractivity contribution in [2.45, 2.75) is 6.42 Å². The van der Waals surface area contributed by atoms with Crippen LogP contribution in [0.25, 0.3) is 0 Å². The first kappa shape index (κ1) is 19.4. The lowest BCUT2D eigenvalue weighted by Crippen LogP contribution is -2.44. The zero-order valence-electron chi connectivity index (χ0n) is 16.6. The molecule has 1 saturated heterocycles. The standard InChI is InChI=1S/C20H31N7/c1-25(2)12-4-10-21-19-9-11-22-20(24-19)23-17-5-7-18(8-6-17)27-15-13-26(3)14-16-27/h5-9,11H,4,10,12-16H2,1-3H3,(H2,21,22,23,24). The van der Waals surface area contributed by atoms with Gasteiger partial charge in [-0.2, -0.15) is 4.98 Å². The molecule has 2 N–H and O–H groups in total. The molecule has 7 nitrogen and oxygen atoms in total. The number of nitrogens with one attached hydrogen (secondary N) is 2. The molecule has 1 aliphatic heterocycles. The molecular formula is C20H31N7. The zero-order valence-corrected chi connectivity index (χ0v) is 16.6. The molecule has 2 heterocycles. The fourth-order valence-corrected chi connectivity index (χ4v) is 3.08. The van der Waals surface area contributed by atoms with Crippen molar-refractivity contribution in [3.63, 3.8) is 0 Å². The predicted octanol–water partition coefficient (Wildman–Crippen LogP) is 2.34. The monoisotopic (exact) mass is 369 g/mol. The molecule has 1 aromatic heterocycles. The maximum absolute atomic E-state index is 4.54. The minimum absolute atomic E-state index is 0.611. The van der Waals surface area contributed by atoms with Gasteiger partial charge in [0.25, 0.3) is 0 Å². The first-order chi connectivity index (χ1) is 13.1. The maximum atomic E-state index is 4.54. The van der Waals surface area contributed by atoms with E-state index in [2.05, 4.69) is 80.7 Å². The second-order valence-corrected chi connectivity index (χ2v) is 7.31. The van der Waals surface area contributed by atoms with Gasteiger partial charge in [-0.15, -0.1) is 0 Å². The van der Waals surface area contributed by atoms with Gasteiger partial charge in [0.2, 0.25) is 5.95 Å². The van der Waals surface area contributed by atoms with Gasteiger partial charge >= 0.3 is 0 Å². The van der Waals surface area contributed by atoms with Crippen molar-refractivity contribution in [2.24, 2.45) is 0 Å². The molecule has 0 atom stereocenters. The van der Waals surface area contributed by atoms with Crippen LogP contribution in [0.5, 0.6) is 0 Å². The normalized spacial score (nSPS) is 15.2. The van der Waals surface area contributed by atoms with E-state index in [9.17, 15) is 0 Å². The van der Waals surface area contributed by atoms with E-state index in [0.29, 0.717) is 5.95 Å². The van der Waals surface area contributed by atoms with Crippen LogP contribution in [0.1, 0.15) is 6.42 Å². The highest BCUT2D eigenvalue weighted by Gasteiger charge is 2.14. The van der Waals surface area contributed by atoms with Gasteiger partial charge < -0.3 is 25.3 Å². The number of benzene rings is 1. The van der Waals surface area contributed by atoms with Crippen LogP contribution in [0.15, 0.2) is 36.5 Å². The van der Waals surface area contributed by atoms with E-state index in [-0.39, 0.29) is 0 Å². The summed E-state index contributed by atoms with van der Waals surface area (Å²) in [4.78, 5) is 15.8. The molecule has 27 heavy (non-hydrogen) atoms. The Balaban J connectivity index is 1.53. The largest absolute Gasteiger partial charge is 0.370 e. The van der Waals surface area contributed by atoms with Gasteiger partial charge in [-0.1, -0.05) is 0 Å². The number of piperazine rings is 1. The molecule has 2 aromatic rings. The van der Waals surface area contributed by atoms with Crippen molar-refractivity contribution in [3.8, 4) is 0 Å². The molecule has 0 bridgehead atoms. The summed E-state index contributed by atoms with van der Waals surface area (Å²) >= 11 is 0. The lowest BCUT2D eigenvalue weighted by Gasteiger charge is -2.34. The maximum Gasteiger partial charge on any atom is 0.229 e. The van der Waals surface area contributed by atoms with Crippen LogP contribution in [0.2, 0.25) is 0 Å². The first-order valence-electron chi connectivity index (χ1n) is 9.62. The number of aromatic nitrogens is 2. The summed E-state index contributed by atoms with van der Waals surface area (Å²) in [5, 5.41) is 6.65. The Bertz CT molecular complexity index is 694. The fraction of sp³-hybridized carbons (Fsp3) is 0.500. The highest BCUT2D eigenvalue weighted by molar-refractivity contribution is 5.60. The third-order valence-corrected chi connectivity index (χ3v) is 4.74. The van der Waals surface area contributed by atoms with Crippen molar-refractivity contribution < 1.29 is 0 Å². The summed E-state index contributed by atoms with van der Waals surface area (Å²) in [6.45, 7) is 6.34. The van der Waals surface area contributed by atoms with Crippen molar-refractivity contribution >= 4 is 23.1 Å². The number of nitrogens with zero attached hydrogens (tertiary/aromatic N) is 5. The third-order valence-electron chi connectivity index (χ3n) is 4.74. The average molecular weight is 370 g/mol. The Morgan fingerprint density at radius 2 is 1.78 bits per heavy atom. The van der Waals surface area contributed by atoms with Gasteiger partial charge in [-0.3, -0.25) is 0 Å². The lowest BCUT2D eigenvalue weighted by molar-refractivity contribution is 0.313. The van der Waals surface area contributed by atoms with Gasteiger partial charge in [0.1, 0.15) is 5.82 Å². The molecule has 7 heteroatoms. The molecule has 1 aliphatic rings. The first-order valence-corrected chi connectivity index (χ1v) is 9.62. The lowest BCUT2D eigenvalue weighted by atomic mass is 10.2. The van der Waals surface area contributed by atoms with E-state index < -0.39 is 0 Å². The van der Waals surface area contributed by atoms with Gasteiger partial charge in [0, 0.05) is 50.3 Å². The third kappa shape index (κ3) is 6.08. The van der Waals surface area contributed by atoms with Gasteiger partial charge in [0.05, 0.1) is 0 Å². The SMILES string of the molecule is CN(C)CCCNc1ccnc(Nc2ccc(N3CCN(C)CC3)cc2)n1. The summed E-state index contributed by atoms with van der Waals surface area (Å²) < 4.78 is 0. The summed E-state index contributed by atoms with van der Waals surface area (Å²) in [6.07, 6.45) is 2.86. The van der Waals surface area contributed by atoms with E-state index in [4.69, 9.17) is 0 Å². The minimum atomic E-state index is 0.611. The number of anilines is 4. The molecular weight excluding hydrogens is 338 g/mol. The average Bonchev–Trinajstić information content (AvgIpc) is 2.67. The minimum Gasteiger partial charge on any atom is -0.370 e. The van der Waals surface area contributed by atoms with E-state index in [1.54, 1.807) is 6.20 Å². The number of likely N-dealkylation sites (N-methyl/N-ethyl adjacent to an activating group) is 1. The predicted molar refractivity (Wildman–Crippen MR) is 113 cm³/mol. The van der Waals surface area contributed by atoms with Crippen molar-refractivity contribution in [2.75, 3.05) is 75.9 Å². The van der Waals surface area contributed by atoms with E-state index in [1.807, 2.05) is 6.07 Å². The Morgan fingerprint density at radius 1 is 1.04 bits per heavy atom. The van der Waals surface area contributed by atoms with Crippen LogP contribution in [0, 0.1) is 0 Å². The Hall–Kier alpha value is -2.38. The van der Waals surface area contributed by atoms with E-state index >= 15 is 0 Å². The van der Waals surface area contributed by atoms with Gasteiger partial charge in [-0.05, 0) is 64.4 Å². The highest BCUT2D eigenvalue weighted by Crippen LogP contribution is 2.21. The van der Waals surface area contributed by atoms with E-state index in [1.165, 1.54) is 5.69 Å². The molecule has 0 amide bonds. The molecule has 3 rings (SSSR count).